The van der Waals surface area contributed by atoms with E-state index in [4.69, 9.17) is 4.74 Å². The van der Waals surface area contributed by atoms with Gasteiger partial charge in [-0.15, -0.1) is 0 Å². The third-order valence-corrected chi connectivity index (χ3v) is 3.52. The zero-order chi connectivity index (χ0) is 14.9. The van der Waals surface area contributed by atoms with E-state index in [0.717, 1.165) is 18.0 Å². The van der Waals surface area contributed by atoms with Gasteiger partial charge in [0.15, 0.2) is 0 Å². The lowest BCUT2D eigenvalue weighted by Gasteiger charge is -2.14. The second-order valence-corrected chi connectivity index (χ2v) is 5.49. The van der Waals surface area contributed by atoms with Crippen LogP contribution in [-0.4, -0.2) is 6.04 Å². The van der Waals surface area contributed by atoms with Gasteiger partial charge in [0.25, 0.3) is 0 Å². The second-order valence-electron chi connectivity index (χ2n) is 5.49. The molecule has 0 aromatic heterocycles. The number of unbranched alkanes of at least 4 members (excludes halogenated alkanes) is 1. The molecule has 112 valence electrons. The van der Waals surface area contributed by atoms with Crippen LogP contribution in [0.3, 0.4) is 0 Å². The van der Waals surface area contributed by atoms with Crippen LogP contribution in [0.15, 0.2) is 54.6 Å². The van der Waals surface area contributed by atoms with Crippen LogP contribution in [0.1, 0.15) is 38.7 Å². The van der Waals surface area contributed by atoms with Crippen molar-refractivity contribution in [3.8, 4) is 11.5 Å². The van der Waals surface area contributed by atoms with E-state index < -0.39 is 0 Å². The lowest BCUT2D eigenvalue weighted by molar-refractivity contribution is 0.477. The van der Waals surface area contributed by atoms with Crippen LogP contribution < -0.4 is 10.1 Å². The Bertz CT molecular complexity index is 524. The predicted molar refractivity (Wildman–Crippen MR) is 88.8 cm³/mol. The molecular weight excluding hydrogens is 258 g/mol. The van der Waals surface area contributed by atoms with E-state index >= 15 is 0 Å². The van der Waals surface area contributed by atoms with Crippen molar-refractivity contribution in [2.24, 2.45) is 0 Å². The third-order valence-electron chi connectivity index (χ3n) is 3.52. The highest BCUT2D eigenvalue weighted by atomic mass is 16.5. The molecule has 0 aliphatic heterocycles. The van der Waals surface area contributed by atoms with Gasteiger partial charge in [-0.2, -0.15) is 0 Å². The summed E-state index contributed by atoms with van der Waals surface area (Å²) in [5, 5.41) is 3.57. The zero-order valence-electron chi connectivity index (χ0n) is 13.0. The van der Waals surface area contributed by atoms with Crippen LogP contribution in [0.5, 0.6) is 11.5 Å². The topological polar surface area (TPSA) is 21.3 Å². The Labute approximate surface area is 128 Å². The Kier molecular flexibility index (Phi) is 6.29. The lowest BCUT2D eigenvalue weighted by Crippen LogP contribution is -2.25. The molecule has 21 heavy (non-hydrogen) atoms. The molecule has 0 heterocycles. The molecule has 2 aromatic rings. The standard InChI is InChI=1S/C19H25NO/c1-3-4-9-16(2)20-15-17-10-8-13-19(14-17)21-18-11-6-5-7-12-18/h5-8,10-14,16,20H,3-4,9,15H2,1-2H3. The highest BCUT2D eigenvalue weighted by molar-refractivity contribution is 5.33. The molecule has 0 saturated heterocycles. The first-order chi connectivity index (χ1) is 10.3. The number of ether oxygens (including phenoxy) is 1. The quantitative estimate of drug-likeness (QED) is 0.723. The molecule has 2 aromatic carbocycles. The summed E-state index contributed by atoms with van der Waals surface area (Å²) in [6, 6.07) is 18.7. The first-order valence-electron chi connectivity index (χ1n) is 7.83. The van der Waals surface area contributed by atoms with E-state index in [2.05, 4.69) is 31.3 Å². The minimum absolute atomic E-state index is 0.559. The maximum absolute atomic E-state index is 5.86. The number of para-hydroxylation sites is 1. The second kappa shape index (κ2) is 8.48. The van der Waals surface area contributed by atoms with E-state index in [1.54, 1.807) is 0 Å². The van der Waals surface area contributed by atoms with Crippen molar-refractivity contribution in [3.63, 3.8) is 0 Å². The fourth-order valence-electron chi connectivity index (χ4n) is 2.25. The van der Waals surface area contributed by atoms with Gasteiger partial charge in [-0.05, 0) is 43.2 Å². The summed E-state index contributed by atoms with van der Waals surface area (Å²) in [5.74, 6) is 1.76. The van der Waals surface area contributed by atoms with Gasteiger partial charge in [0.2, 0.25) is 0 Å². The van der Waals surface area contributed by atoms with Crippen LogP contribution in [0.4, 0.5) is 0 Å². The van der Waals surface area contributed by atoms with E-state index in [1.807, 2.05) is 42.5 Å². The van der Waals surface area contributed by atoms with Gasteiger partial charge in [-0.25, -0.2) is 0 Å². The molecule has 0 saturated carbocycles. The summed E-state index contributed by atoms with van der Waals surface area (Å²) in [4.78, 5) is 0. The largest absolute Gasteiger partial charge is 0.457 e. The average Bonchev–Trinajstić information content (AvgIpc) is 2.52. The van der Waals surface area contributed by atoms with E-state index in [1.165, 1.54) is 24.8 Å². The molecule has 0 amide bonds. The highest BCUT2D eigenvalue weighted by Crippen LogP contribution is 2.21. The van der Waals surface area contributed by atoms with Gasteiger partial charge in [-0.3, -0.25) is 0 Å². The molecule has 0 bridgehead atoms. The van der Waals surface area contributed by atoms with Crippen molar-refractivity contribution in [2.75, 3.05) is 0 Å². The summed E-state index contributed by atoms with van der Waals surface area (Å²) < 4.78 is 5.86. The van der Waals surface area contributed by atoms with Crippen molar-refractivity contribution >= 4 is 0 Å². The SMILES string of the molecule is CCCCC(C)NCc1cccc(Oc2ccccc2)c1. The van der Waals surface area contributed by atoms with Gasteiger partial charge < -0.3 is 10.1 Å². The minimum atomic E-state index is 0.559. The molecule has 2 heteroatoms. The molecule has 0 fully saturated rings. The van der Waals surface area contributed by atoms with Gasteiger partial charge in [0.1, 0.15) is 11.5 Å². The fourth-order valence-corrected chi connectivity index (χ4v) is 2.25. The molecule has 2 rings (SSSR count). The molecule has 0 aliphatic carbocycles. The van der Waals surface area contributed by atoms with Crippen molar-refractivity contribution in [3.05, 3.63) is 60.2 Å². The first-order valence-corrected chi connectivity index (χ1v) is 7.83. The van der Waals surface area contributed by atoms with Crippen LogP contribution in [0, 0.1) is 0 Å². The Morgan fingerprint density at radius 1 is 1.00 bits per heavy atom. The van der Waals surface area contributed by atoms with Crippen molar-refractivity contribution in [1.82, 2.24) is 5.32 Å². The van der Waals surface area contributed by atoms with Crippen LogP contribution in [0.25, 0.3) is 0 Å². The Morgan fingerprint density at radius 2 is 1.76 bits per heavy atom. The van der Waals surface area contributed by atoms with Gasteiger partial charge in [0, 0.05) is 12.6 Å². The fraction of sp³-hybridized carbons (Fsp3) is 0.368. The summed E-state index contributed by atoms with van der Waals surface area (Å²) >= 11 is 0. The van der Waals surface area contributed by atoms with E-state index in [0.29, 0.717) is 6.04 Å². The Morgan fingerprint density at radius 3 is 2.52 bits per heavy atom. The summed E-state index contributed by atoms with van der Waals surface area (Å²) in [7, 11) is 0. The van der Waals surface area contributed by atoms with E-state index in [9.17, 15) is 0 Å². The normalized spacial score (nSPS) is 12.1. The molecule has 0 radical (unpaired) electrons. The maximum Gasteiger partial charge on any atom is 0.127 e. The van der Waals surface area contributed by atoms with E-state index in [-0.39, 0.29) is 0 Å². The number of nitrogens with one attached hydrogen (secondary N) is 1. The van der Waals surface area contributed by atoms with Gasteiger partial charge in [0.05, 0.1) is 0 Å². The molecular formula is C19H25NO. The number of hydrogen-bond donors (Lipinski definition) is 1. The molecule has 1 N–H and O–H groups in total. The molecule has 2 nitrogen and oxygen atoms in total. The van der Waals surface area contributed by atoms with Crippen LogP contribution >= 0.6 is 0 Å². The van der Waals surface area contributed by atoms with Crippen LogP contribution in [-0.2, 0) is 6.54 Å². The monoisotopic (exact) mass is 283 g/mol. The van der Waals surface area contributed by atoms with Crippen molar-refractivity contribution < 1.29 is 4.74 Å². The molecule has 0 spiro atoms. The maximum atomic E-state index is 5.86. The number of benzene rings is 2. The Hall–Kier alpha value is -1.80. The highest BCUT2D eigenvalue weighted by Gasteiger charge is 2.02. The Balaban J connectivity index is 1.89. The molecule has 0 aliphatic rings. The third kappa shape index (κ3) is 5.60. The first kappa shape index (κ1) is 15.6. The van der Waals surface area contributed by atoms with Crippen molar-refractivity contribution in [2.45, 2.75) is 45.7 Å². The number of hydrogen-bond acceptors (Lipinski definition) is 2. The zero-order valence-corrected chi connectivity index (χ0v) is 13.0. The molecule has 1 unspecified atom stereocenters. The smallest absolute Gasteiger partial charge is 0.127 e. The summed E-state index contributed by atoms with van der Waals surface area (Å²) in [5.41, 5.74) is 1.26. The summed E-state index contributed by atoms with van der Waals surface area (Å²) in [6.07, 6.45) is 3.77. The van der Waals surface area contributed by atoms with Gasteiger partial charge in [-0.1, -0.05) is 50.1 Å². The molecule has 1 atom stereocenters. The average molecular weight is 283 g/mol. The van der Waals surface area contributed by atoms with Crippen LogP contribution in [0.2, 0.25) is 0 Å². The minimum Gasteiger partial charge on any atom is -0.457 e. The van der Waals surface area contributed by atoms with Gasteiger partial charge >= 0.3 is 0 Å². The lowest BCUT2D eigenvalue weighted by atomic mass is 10.1. The number of rotatable bonds is 8. The summed E-state index contributed by atoms with van der Waals surface area (Å²) in [6.45, 7) is 5.37. The predicted octanol–water partition coefficient (Wildman–Crippen LogP) is 5.15. The van der Waals surface area contributed by atoms with Crippen molar-refractivity contribution in [1.29, 1.82) is 0 Å².